The summed E-state index contributed by atoms with van der Waals surface area (Å²) in [5, 5.41) is 11.0. The number of benzene rings is 1. The van der Waals surface area contributed by atoms with Gasteiger partial charge < -0.3 is 5.32 Å². The van der Waals surface area contributed by atoms with Crippen molar-refractivity contribution in [2.45, 2.75) is 36.9 Å². The molecule has 30 heavy (non-hydrogen) atoms. The maximum atomic E-state index is 12.9. The summed E-state index contributed by atoms with van der Waals surface area (Å²) < 4.78 is 65.0. The largest absolute Gasteiger partial charge is 0.416 e. The molecule has 0 spiro atoms. The Morgan fingerprint density at radius 1 is 1.40 bits per heavy atom. The van der Waals surface area contributed by atoms with Crippen LogP contribution in [0.1, 0.15) is 25.3 Å². The normalized spacial score (nSPS) is 16.3. The monoisotopic (exact) mass is 446 g/mol. The Hall–Kier alpha value is -2.62. The highest BCUT2D eigenvalue weighted by Gasteiger charge is 2.33. The van der Waals surface area contributed by atoms with Gasteiger partial charge in [-0.25, -0.2) is 8.42 Å². The molecule has 0 radical (unpaired) electrons. The van der Waals surface area contributed by atoms with Crippen LogP contribution in [0.25, 0.3) is 0 Å². The highest BCUT2D eigenvalue weighted by molar-refractivity contribution is 7.89. The zero-order valence-electron chi connectivity index (χ0n) is 16.1. The van der Waals surface area contributed by atoms with Crippen molar-refractivity contribution in [1.29, 1.82) is 5.26 Å². The zero-order valence-corrected chi connectivity index (χ0v) is 16.9. The Kier molecular flexibility index (Phi) is 7.83. The van der Waals surface area contributed by atoms with Crippen molar-refractivity contribution in [2.24, 2.45) is 0 Å². The van der Waals surface area contributed by atoms with Gasteiger partial charge in [-0.3, -0.25) is 15.1 Å². The molecule has 0 saturated carbocycles. The molecule has 12 heteroatoms. The predicted octanol–water partition coefficient (Wildman–Crippen LogP) is 1.92. The third kappa shape index (κ3) is 6.19. The number of nitrogens with zero attached hydrogens (tertiary/aromatic N) is 2. The van der Waals surface area contributed by atoms with Crippen LogP contribution < -0.4 is 10.8 Å². The molecule has 164 valence electrons. The van der Waals surface area contributed by atoms with Crippen LogP contribution in [-0.2, 0) is 25.8 Å². The highest BCUT2D eigenvalue weighted by Crippen LogP contribution is 2.31. The van der Waals surface area contributed by atoms with Gasteiger partial charge in [0.2, 0.25) is 10.0 Å². The van der Waals surface area contributed by atoms with Crippen LogP contribution in [0.4, 0.5) is 13.2 Å². The van der Waals surface area contributed by atoms with E-state index in [0.29, 0.717) is 11.8 Å². The fourth-order valence-corrected chi connectivity index (χ4v) is 3.97. The van der Waals surface area contributed by atoms with E-state index in [-0.39, 0.29) is 32.5 Å². The van der Waals surface area contributed by atoms with Gasteiger partial charge in [-0.15, -0.1) is 0 Å². The maximum absolute atomic E-state index is 12.9. The summed E-state index contributed by atoms with van der Waals surface area (Å²) in [4.78, 5) is 16.6. The number of hydrogen-bond donors (Lipinski definition) is 2. The van der Waals surface area contributed by atoms with Gasteiger partial charge in [0.1, 0.15) is 0 Å². The number of sulfonamides is 1. The van der Waals surface area contributed by atoms with Gasteiger partial charge in [0, 0.05) is 31.8 Å². The van der Waals surface area contributed by atoms with E-state index in [9.17, 15) is 26.4 Å². The van der Waals surface area contributed by atoms with Gasteiger partial charge in [0.25, 0.3) is 5.91 Å². The number of carbonyl (C=O) groups excluding carboxylic acids is 1. The van der Waals surface area contributed by atoms with Crippen molar-refractivity contribution >= 4 is 15.9 Å². The molecule has 0 bridgehead atoms. The molecule has 2 N–H and O–H groups in total. The number of hydrogen-bond acceptors (Lipinski definition) is 6. The van der Waals surface area contributed by atoms with Gasteiger partial charge in [-0.2, -0.15) is 22.7 Å². The smallest absolute Gasteiger partial charge is 0.353 e. The summed E-state index contributed by atoms with van der Waals surface area (Å²) in [6.07, 6.45) is -3.57. The first-order valence-corrected chi connectivity index (χ1v) is 10.4. The van der Waals surface area contributed by atoms with E-state index < -0.39 is 38.7 Å². The number of alkyl halides is 3. The minimum atomic E-state index is -4.64. The lowest BCUT2D eigenvalue weighted by atomic mass is 10.2. The lowest BCUT2D eigenvalue weighted by Gasteiger charge is -2.26. The molecular formula is C18H21F3N4O4S. The summed E-state index contributed by atoms with van der Waals surface area (Å²) in [6, 6.07) is 5.50. The second-order valence-corrected chi connectivity index (χ2v) is 8.37. The summed E-state index contributed by atoms with van der Waals surface area (Å²) in [5.41, 5.74) is 2.11. The van der Waals surface area contributed by atoms with Gasteiger partial charge in [-0.1, -0.05) is 6.07 Å². The number of rotatable bonds is 8. The zero-order chi connectivity index (χ0) is 22.4. The van der Waals surface area contributed by atoms with Crippen molar-refractivity contribution in [3.8, 4) is 6.07 Å². The number of nitriles is 1. The first kappa shape index (κ1) is 23.7. The first-order valence-electron chi connectivity index (χ1n) is 8.98. The van der Waals surface area contributed by atoms with E-state index in [1.54, 1.807) is 0 Å². The van der Waals surface area contributed by atoms with Crippen LogP contribution >= 0.6 is 0 Å². The second-order valence-electron chi connectivity index (χ2n) is 6.43. The standard InChI is InChI=1S/C18H21F3N4O4S/c1-13(17(26)23-9-3-8-22)29-24-15-6-10-25(11-7-15)30(27,28)16-5-2-4-14(12-16)18(19,20)21/h2,4-6,12-13,24H,3,7,9-11H2,1H3,(H,23,26). The third-order valence-electron chi connectivity index (χ3n) is 4.24. The minimum Gasteiger partial charge on any atom is -0.353 e. The van der Waals surface area contributed by atoms with Gasteiger partial charge >= 0.3 is 6.18 Å². The number of halogens is 3. The number of amides is 1. The van der Waals surface area contributed by atoms with Crippen molar-refractivity contribution < 1.29 is 31.2 Å². The second kappa shape index (κ2) is 9.92. The Balaban J connectivity index is 1.95. The molecule has 1 aromatic carbocycles. The van der Waals surface area contributed by atoms with Gasteiger partial charge in [0.05, 0.1) is 22.9 Å². The molecular weight excluding hydrogens is 425 g/mol. The van der Waals surface area contributed by atoms with Crippen molar-refractivity contribution in [2.75, 3.05) is 19.6 Å². The molecule has 1 aliphatic heterocycles. The van der Waals surface area contributed by atoms with Crippen LogP contribution in [0, 0.1) is 11.3 Å². The molecule has 1 amide bonds. The Bertz CT molecular complexity index is 941. The van der Waals surface area contributed by atoms with E-state index in [2.05, 4.69) is 10.8 Å². The molecule has 1 aromatic rings. The van der Waals surface area contributed by atoms with E-state index >= 15 is 0 Å². The number of nitrogens with one attached hydrogen (secondary N) is 2. The average Bonchev–Trinajstić information content (AvgIpc) is 2.72. The van der Waals surface area contributed by atoms with Gasteiger partial charge in [0.15, 0.2) is 6.10 Å². The Labute approximate surface area is 172 Å². The maximum Gasteiger partial charge on any atom is 0.416 e. The Morgan fingerprint density at radius 3 is 2.73 bits per heavy atom. The quantitative estimate of drug-likeness (QED) is 0.466. The van der Waals surface area contributed by atoms with E-state index in [1.807, 2.05) is 6.07 Å². The van der Waals surface area contributed by atoms with Crippen LogP contribution in [0.3, 0.4) is 0 Å². The molecule has 1 aliphatic rings. The molecule has 0 fully saturated rings. The molecule has 1 unspecified atom stereocenters. The van der Waals surface area contributed by atoms with Crippen molar-refractivity contribution in [3.05, 3.63) is 41.6 Å². The number of hydroxylamine groups is 1. The molecule has 1 heterocycles. The van der Waals surface area contributed by atoms with Crippen LogP contribution in [-0.4, -0.2) is 44.4 Å². The van der Waals surface area contributed by atoms with Crippen LogP contribution in [0.5, 0.6) is 0 Å². The third-order valence-corrected chi connectivity index (χ3v) is 6.10. The Morgan fingerprint density at radius 2 is 2.13 bits per heavy atom. The molecule has 0 saturated heterocycles. The molecule has 1 atom stereocenters. The van der Waals surface area contributed by atoms with Crippen molar-refractivity contribution in [1.82, 2.24) is 15.1 Å². The van der Waals surface area contributed by atoms with E-state index in [4.69, 9.17) is 10.1 Å². The lowest BCUT2D eigenvalue weighted by Crippen LogP contribution is -2.40. The van der Waals surface area contributed by atoms with Crippen LogP contribution in [0.15, 0.2) is 40.9 Å². The molecule has 8 nitrogen and oxygen atoms in total. The fourth-order valence-electron chi connectivity index (χ4n) is 2.55. The van der Waals surface area contributed by atoms with E-state index in [0.717, 1.165) is 22.5 Å². The fraction of sp³-hybridized carbons (Fsp3) is 0.444. The SMILES string of the molecule is CC(ONC1=CCN(S(=O)(=O)c2cccc(C(F)(F)F)c2)CC1)C(=O)NCCC#N. The summed E-state index contributed by atoms with van der Waals surface area (Å²) in [5.74, 6) is -0.414. The summed E-state index contributed by atoms with van der Waals surface area (Å²) in [7, 11) is -4.10. The summed E-state index contributed by atoms with van der Waals surface area (Å²) >= 11 is 0. The predicted molar refractivity (Wildman–Crippen MR) is 99.8 cm³/mol. The molecule has 0 aliphatic carbocycles. The lowest BCUT2D eigenvalue weighted by molar-refractivity contribution is -0.137. The minimum absolute atomic E-state index is 0.0313. The summed E-state index contributed by atoms with van der Waals surface area (Å²) in [6.45, 7) is 1.67. The highest BCUT2D eigenvalue weighted by atomic mass is 32.2. The molecule has 0 aromatic heterocycles. The van der Waals surface area contributed by atoms with Gasteiger partial charge in [-0.05, 0) is 31.2 Å². The van der Waals surface area contributed by atoms with Crippen LogP contribution in [0.2, 0.25) is 0 Å². The first-order chi connectivity index (χ1) is 14.1. The van der Waals surface area contributed by atoms with E-state index in [1.165, 1.54) is 13.0 Å². The average molecular weight is 446 g/mol. The molecule has 2 rings (SSSR count). The van der Waals surface area contributed by atoms with Crippen molar-refractivity contribution in [3.63, 3.8) is 0 Å². The topological polar surface area (TPSA) is 112 Å². The number of carbonyl (C=O) groups is 1.